The van der Waals surface area contributed by atoms with Crippen LogP contribution in [0.4, 0.5) is 0 Å². The van der Waals surface area contributed by atoms with E-state index >= 15 is 0 Å². The third kappa shape index (κ3) is 4.73. The van der Waals surface area contributed by atoms with E-state index in [-0.39, 0.29) is 5.91 Å². The highest BCUT2D eigenvalue weighted by molar-refractivity contribution is 5.78. The van der Waals surface area contributed by atoms with Crippen LogP contribution in [0.1, 0.15) is 18.4 Å². The van der Waals surface area contributed by atoms with Crippen LogP contribution in [0.15, 0.2) is 24.5 Å². The van der Waals surface area contributed by atoms with Crippen molar-refractivity contribution in [2.45, 2.75) is 25.5 Å². The molecular weight excluding hydrogens is 292 g/mol. The fourth-order valence-electron chi connectivity index (χ4n) is 3.39. The molecule has 1 unspecified atom stereocenters. The van der Waals surface area contributed by atoms with E-state index in [1.165, 1.54) is 5.56 Å². The highest BCUT2D eigenvalue weighted by Crippen LogP contribution is 2.12. The van der Waals surface area contributed by atoms with Gasteiger partial charge in [-0.05, 0) is 18.1 Å². The first kappa shape index (κ1) is 16.4. The van der Waals surface area contributed by atoms with Crippen molar-refractivity contribution >= 4 is 5.91 Å². The maximum atomic E-state index is 11.6. The number of piperazine rings is 1. The molecule has 0 spiro atoms. The molecule has 3 rings (SSSR count). The first-order chi connectivity index (χ1) is 11.2. The number of carbonyl (C=O) groups excluding carboxylic acids is 1. The minimum absolute atomic E-state index is 0.185. The molecule has 0 saturated carbocycles. The number of nitrogens with zero attached hydrogens (tertiary/aromatic N) is 4. The summed E-state index contributed by atoms with van der Waals surface area (Å²) in [6.45, 7) is 6.81. The minimum atomic E-state index is -0.443. The predicted octanol–water partition coefficient (Wildman–Crippen LogP) is 0.183. The molecule has 2 aliphatic rings. The topological polar surface area (TPSA) is 59.9 Å². The summed E-state index contributed by atoms with van der Waals surface area (Å²) in [5.74, 6) is 0.185. The lowest BCUT2D eigenvalue weighted by atomic mass is 10.2. The lowest BCUT2D eigenvalue weighted by molar-refractivity contribution is -0.129. The molecule has 3 heterocycles. The maximum absolute atomic E-state index is 11.6. The molecule has 6 nitrogen and oxygen atoms in total. The van der Waals surface area contributed by atoms with Crippen LogP contribution < -0.4 is 0 Å². The van der Waals surface area contributed by atoms with Gasteiger partial charge in [-0.25, -0.2) is 0 Å². The molecule has 2 aliphatic heterocycles. The Labute approximate surface area is 137 Å². The van der Waals surface area contributed by atoms with Crippen molar-refractivity contribution < 1.29 is 9.90 Å². The molecule has 0 bridgehead atoms. The minimum Gasteiger partial charge on any atom is -0.390 e. The lowest BCUT2D eigenvalue weighted by Gasteiger charge is -2.36. The zero-order chi connectivity index (χ0) is 16.1. The van der Waals surface area contributed by atoms with Crippen molar-refractivity contribution in [3.05, 3.63) is 30.1 Å². The van der Waals surface area contributed by atoms with Crippen molar-refractivity contribution in [3.63, 3.8) is 0 Å². The molecule has 1 aromatic heterocycles. The summed E-state index contributed by atoms with van der Waals surface area (Å²) in [7, 11) is 0. The van der Waals surface area contributed by atoms with Crippen molar-refractivity contribution in [2.24, 2.45) is 0 Å². The molecule has 0 aromatic carbocycles. The van der Waals surface area contributed by atoms with Crippen LogP contribution in [0.2, 0.25) is 0 Å². The summed E-state index contributed by atoms with van der Waals surface area (Å²) < 4.78 is 0. The fraction of sp³-hybridized carbons (Fsp3) is 0.647. The van der Waals surface area contributed by atoms with Crippen LogP contribution in [-0.4, -0.2) is 82.6 Å². The standard InChI is InChI=1S/C17H26N4O2/c22-16(14-21-6-2-4-17(21)23)13-20-9-7-19(8-10-20)12-15-3-1-5-18-11-15/h1,3,5,11,16,22H,2,4,6-10,12-14H2. The summed E-state index contributed by atoms with van der Waals surface area (Å²) >= 11 is 0. The van der Waals surface area contributed by atoms with Crippen molar-refractivity contribution in [1.29, 1.82) is 0 Å². The molecular formula is C17H26N4O2. The van der Waals surface area contributed by atoms with E-state index in [0.29, 0.717) is 19.5 Å². The van der Waals surface area contributed by atoms with E-state index in [2.05, 4.69) is 20.9 Å². The smallest absolute Gasteiger partial charge is 0.222 e. The zero-order valence-electron chi connectivity index (χ0n) is 13.6. The van der Waals surface area contributed by atoms with E-state index in [1.807, 2.05) is 12.3 Å². The molecule has 1 aromatic rings. The monoisotopic (exact) mass is 318 g/mol. The molecule has 0 aliphatic carbocycles. The maximum Gasteiger partial charge on any atom is 0.222 e. The first-order valence-corrected chi connectivity index (χ1v) is 8.50. The van der Waals surface area contributed by atoms with Gasteiger partial charge in [0.05, 0.1) is 6.10 Å². The number of carbonyl (C=O) groups is 1. The van der Waals surface area contributed by atoms with Crippen LogP contribution in [-0.2, 0) is 11.3 Å². The van der Waals surface area contributed by atoms with Crippen LogP contribution in [0, 0.1) is 0 Å². The van der Waals surface area contributed by atoms with Gasteiger partial charge in [-0.1, -0.05) is 6.07 Å². The molecule has 23 heavy (non-hydrogen) atoms. The van der Waals surface area contributed by atoms with Crippen LogP contribution in [0.5, 0.6) is 0 Å². The number of hydrogen-bond acceptors (Lipinski definition) is 5. The Kier molecular flexibility index (Phi) is 5.59. The van der Waals surface area contributed by atoms with Gasteiger partial charge in [0.2, 0.25) is 5.91 Å². The number of aromatic nitrogens is 1. The average molecular weight is 318 g/mol. The number of aliphatic hydroxyl groups is 1. The average Bonchev–Trinajstić information content (AvgIpc) is 2.95. The molecule has 1 atom stereocenters. The Bertz CT molecular complexity index is 503. The quantitative estimate of drug-likeness (QED) is 0.811. The van der Waals surface area contributed by atoms with Gasteiger partial charge in [-0.2, -0.15) is 0 Å². The Balaban J connectivity index is 1.38. The van der Waals surface area contributed by atoms with Gasteiger partial charge < -0.3 is 10.0 Å². The van der Waals surface area contributed by atoms with Crippen molar-refractivity contribution in [1.82, 2.24) is 19.7 Å². The third-order valence-corrected chi connectivity index (χ3v) is 4.67. The summed E-state index contributed by atoms with van der Waals surface area (Å²) in [5.41, 5.74) is 1.24. The van der Waals surface area contributed by atoms with E-state index < -0.39 is 6.10 Å². The van der Waals surface area contributed by atoms with Crippen LogP contribution in [0.25, 0.3) is 0 Å². The highest BCUT2D eigenvalue weighted by Gasteiger charge is 2.24. The number of likely N-dealkylation sites (tertiary alicyclic amines) is 1. The van der Waals surface area contributed by atoms with Crippen molar-refractivity contribution in [2.75, 3.05) is 45.8 Å². The van der Waals surface area contributed by atoms with Gasteiger partial charge in [-0.15, -0.1) is 0 Å². The Morgan fingerprint density at radius 3 is 2.57 bits per heavy atom. The van der Waals surface area contributed by atoms with Gasteiger partial charge in [-0.3, -0.25) is 19.6 Å². The largest absolute Gasteiger partial charge is 0.390 e. The summed E-state index contributed by atoms with van der Waals surface area (Å²) in [4.78, 5) is 22.3. The van der Waals surface area contributed by atoms with E-state index in [0.717, 1.165) is 45.7 Å². The van der Waals surface area contributed by atoms with E-state index in [9.17, 15) is 9.90 Å². The lowest BCUT2D eigenvalue weighted by Crippen LogP contribution is -2.49. The molecule has 6 heteroatoms. The Hall–Kier alpha value is -1.50. The molecule has 1 N–H and O–H groups in total. The second-order valence-corrected chi connectivity index (χ2v) is 6.54. The number of amides is 1. The van der Waals surface area contributed by atoms with Crippen molar-refractivity contribution in [3.8, 4) is 0 Å². The molecule has 1 amide bonds. The molecule has 2 saturated heterocycles. The van der Waals surface area contributed by atoms with Gasteiger partial charge >= 0.3 is 0 Å². The Morgan fingerprint density at radius 2 is 1.91 bits per heavy atom. The number of pyridine rings is 1. The van der Waals surface area contributed by atoms with Gasteiger partial charge in [0.15, 0.2) is 0 Å². The summed E-state index contributed by atoms with van der Waals surface area (Å²) in [6, 6.07) is 4.08. The number of hydrogen-bond donors (Lipinski definition) is 1. The number of β-amino-alcohol motifs (C(OH)–C–C–N with tert-alkyl or cyclic N) is 1. The van der Waals surface area contributed by atoms with Gasteiger partial charge in [0.25, 0.3) is 0 Å². The third-order valence-electron chi connectivity index (χ3n) is 4.67. The molecule has 2 fully saturated rings. The Morgan fingerprint density at radius 1 is 1.13 bits per heavy atom. The van der Waals surface area contributed by atoms with Crippen LogP contribution in [0.3, 0.4) is 0 Å². The zero-order valence-corrected chi connectivity index (χ0v) is 13.6. The second-order valence-electron chi connectivity index (χ2n) is 6.54. The highest BCUT2D eigenvalue weighted by atomic mass is 16.3. The molecule has 126 valence electrons. The first-order valence-electron chi connectivity index (χ1n) is 8.50. The SMILES string of the molecule is O=C1CCCN1CC(O)CN1CCN(Cc2cccnc2)CC1. The van der Waals surface area contributed by atoms with Crippen LogP contribution >= 0.6 is 0 Å². The fourth-order valence-corrected chi connectivity index (χ4v) is 3.39. The predicted molar refractivity (Wildman–Crippen MR) is 87.8 cm³/mol. The van der Waals surface area contributed by atoms with Gasteiger partial charge in [0.1, 0.15) is 0 Å². The van der Waals surface area contributed by atoms with Gasteiger partial charge in [0, 0.05) is 71.2 Å². The summed E-state index contributed by atoms with van der Waals surface area (Å²) in [5, 5.41) is 10.2. The second kappa shape index (κ2) is 7.86. The van der Waals surface area contributed by atoms with E-state index in [1.54, 1.807) is 11.1 Å². The normalized spacial score (nSPS) is 21.8. The molecule has 0 radical (unpaired) electrons. The number of aliphatic hydroxyl groups excluding tert-OH is 1. The van der Waals surface area contributed by atoms with E-state index in [4.69, 9.17) is 0 Å². The summed E-state index contributed by atoms with van der Waals surface area (Å²) in [6.07, 6.45) is 4.84. The number of rotatable bonds is 6.